The van der Waals surface area contributed by atoms with Gasteiger partial charge in [-0.15, -0.1) is 0 Å². The molecule has 4 aromatic carbocycles. The van der Waals surface area contributed by atoms with E-state index >= 15 is 0 Å². The Balaban J connectivity index is 1.09. The number of aryl methyl sites for hydroxylation is 1. The van der Waals surface area contributed by atoms with E-state index in [1.165, 1.54) is 33.3 Å². The predicted octanol–water partition coefficient (Wildman–Crippen LogP) is 6.53. The third kappa shape index (κ3) is 8.21. The molecule has 1 saturated heterocycles. The number of benzene rings is 4. The van der Waals surface area contributed by atoms with Gasteiger partial charge in [0.1, 0.15) is 11.5 Å². The molecule has 3 unspecified atom stereocenters. The zero-order chi connectivity index (χ0) is 40.3. The van der Waals surface area contributed by atoms with E-state index in [1.54, 1.807) is 50.6 Å². The van der Waals surface area contributed by atoms with Crippen molar-refractivity contribution >= 4 is 39.6 Å². The number of hydrogen-bond acceptors (Lipinski definition) is 9. The third-order valence-electron chi connectivity index (χ3n) is 10.8. The number of methoxy groups -OCH3 is 2. The van der Waals surface area contributed by atoms with Crippen molar-refractivity contribution in [2.75, 3.05) is 40.4 Å². The quantitative estimate of drug-likeness (QED) is 0.166. The maximum atomic E-state index is 14.3. The maximum absolute atomic E-state index is 14.3. The van der Waals surface area contributed by atoms with Crippen LogP contribution in [0.5, 0.6) is 11.5 Å². The molecule has 1 aliphatic carbocycles. The van der Waals surface area contributed by atoms with E-state index in [4.69, 9.17) is 19.3 Å². The van der Waals surface area contributed by atoms with Crippen LogP contribution < -0.4 is 9.47 Å². The minimum Gasteiger partial charge on any atom is -0.497 e. The number of carbonyl (C=O) groups excluding carboxylic acids is 3. The van der Waals surface area contributed by atoms with E-state index in [1.807, 2.05) is 55.5 Å². The highest BCUT2D eigenvalue weighted by Gasteiger charge is 2.45. The molecule has 2 aliphatic heterocycles. The number of ether oxygens (including phenoxy) is 3. The number of piperazine rings is 1. The minimum absolute atomic E-state index is 0.00896. The van der Waals surface area contributed by atoms with Crippen LogP contribution in [-0.2, 0) is 19.6 Å². The van der Waals surface area contributed by atoms with Gasteiger partial charge in [0.25, 0.3) is 11.8 Å². The Morgan fingerprint density at radius 2 is 1.42 bits per heavy atom. The first-order valence-corrected chi connectivity index (χ1v) is 20.5. The van der Waals surface area contributed by atoms with E-state index in [0.29, 0.717) is 5.75 Å². The van der Waals surface area contributed by atoms with Crippen molar-refractivity contribution in [3.05, 3.63) is 130 Å². The number of hydrogen-bond donors (Lipinski definition) is 0. The van der Waals surface area contributed by atoms with Gasteiger partial charge in [-0.1, -0.05) is 54.1 Å². The lowest BCUT2D eigenvalue weighted by Gasteiger charge is -2.34. The van der Waals surface area contributed by atoms with Gasteiger partial charge < -0.3 is 19.1 Å². The fraction of sp³-hybridized carbons (Fsp3) is 0.318. The first-order chi connectivity index (χ1) is 27.5. The largest absolute Gasteiger partial charge is 0.497 e. The summed E-state index contributed by atoms with van der Waals surface area (Å²) in [5.74, 6) is -0.401. The molecule has 13 heteroatoms. The first-order valence-electron chi connectivity index (χ1n) is 19.0. The molecule has 296 valence electrons. The number of allylic oxidation sites excluding steroid dienone is 1. The van der Waals surface area contributed by atoms with E-state index in [2.05, 4.69) is 6.08 Å². The second-order valence-electron chi connectivity index (χ2n) is 14.4. The second kappa shape index (κ2) is 16.7. The zero-order valence-electron chi connectivity index (χ0n) is 32.5. The first kappa shape index (κ1) is 39.4. The van der Waals surface area contributed by atoms with Crippen LogP contribution in [0.15, 0.2) is 113 Å². The van der Waals surface area contributed by atoms with Crippen LogP contribution in [0.2, 0.25) is 0 Å². The van der Waals surface area contributed by atoms with Crippen molar-refractivity contribution in [3.8, 4) is 11.5 Å². The molecule has 0 N–H and O–H groups in total. The number of carbonyl (C=O) groups is 3. The molecule has 0 radical (unpaired) electrons. The molecule has 2 amide bonds. The van der Waals surface area contributed by atoms with Crippen molar-refractivity contribution in [2.24, 2.45) is 11.0 Å². The minimum atomic E-state index is -3.73. The molecule has 1 saturated carbocycles. The Morgan fingerprint density at radius 1 is 0.807 bits per heavy atom. The molecular weight excluding hydrogens is 745 g/mol. The van der Waals surface area contributed by atoms with Crippen molar-refractivity contribution in [3.63, 3.8) is 0 Å². The number of hydrazone groups is 1. The van der Waals surface area contributed by atoms with E-state index in [9.17, 15) is 22.8 Å². The summed E-state index contributed by atoms with van der Waals surface area (Å²) >= 11 is 0. The Kier molecular flexibility index (Phi) is 11.6. The molecule has 2 heterocycles. The maximum Gasteiger partial charge on any atom is 0.339 e. The summed E-state index contributed by atoms with van der Waals surface area (Å²) in [6.07, 6.45) is 3.38. The van der Waals surface area contributed by atoms with Crippen LogP contribution >= 0.6 is 0 Å². The zero-order valence-corrected chi connectivity index (χ0v) is 33.3. The van der Waals surface area contributed by atoms with Crippen LogP contribution in [0, 0.1) is 12.8 Å². The van der Waals surface area contributed by atoms with Crippen molar-refractivity contribution in [1.29, 1.82) is 0 Å². The normalized spacial score (nSPS) is 19.7. The summed E-state index contributed by atoms with van der Waals surface area (Å²) in [5.41, 5.74) is 4.80. The average molecular weight is 791 g/mol. The Bertz CT molecular complexity index is 2300. The Morgan fingerprint density at radius 3 is 2.05 bits per heavy atom. The number of nitrogens with zero attached hydrogens (tertiary/aromatic N) is 4. The summed E-state index contributed by atoms with van der Waals surface area (Å²) in [4.78, 5) is 43.7. The van der Waals surface area contributed by atoms with Gasteiger partial charge in [0.05, 0.1) is 42.0 Å². The molecule has 2 fully saturated rings. The highest BCUT2D eigenvalue weighted by molar-refractivity contribution is 7.89. The van der Waals surface area contributed by atoms with Crippen LogP contribution in [0.25, 0.3) is 6.08 Å². The second-order valence-corrected chi connectivity index (χ2v) is 16.4. The van der Waals surface area contributed by atoms with Gasteiger partial charge in [0.2, 0.25) is 10.0 Å². The standard InChI is InChI=1S/C44H46N4O8S/c1-29-12-22-36(23-13-29)57(52,53)47-26-24-46(25-27-47)43(50)37-9-5-6-10-38(37)44(51)56-30(2)42(49)48-41(32-16-20-35(55-4)21-17-32)39-11-7-8-33(40(39)45-48)28-31-14-18-34(54-3)19-15-31/h5-6,9-10,12-23,28,30,39,41H,7-8,11,24-27H2,1-4H3/b33-28-. The highest BCUT2D eigenvalue weighted by Crippen LogP contribution is 2.45. The Hall–Kier alpha value is -5.79. The van der Waals surface area contributed by atoms with Crippen molar-refractivity contribution in [1.82, 2.24) is 14.2 Å². The van der Waals surface area contributed by atoms with E-state index in [0.717, 1.165) is 53.0 Å². The van der Waals surface area contributed by atoms with Gasteiger partial charge in [-0.05, 0) is 104 Å². The molecule has 12 nitrogen and oxygen atoms in total. The van der Waals surface area contributed by atoms with E-state index < -0.39 is 40.0 Å². The SMILES string of the molecule is COc1ccc(/C=C2/CCCC3C2=NN(C(=O)C(C)OC(=O)c2ccccc2C(=O)N2CCN(S(=O)(=O)c4ccc(C)cc4)CC2)C3c2ccc(OC)cc2)cc1. The van der Waals surface area contributed by atoms with Crippen molar-refractivity contribution in [2.45, 2.75) is 50.2 Å². The molecule has 4 aromatic rings. The van der Waals surface area contributed by atoms with Gasteiger partial charge in [-0.2, -0.15) is 9.41 Å². The smallest absolute Gasteiger partial charge is 0.339 e. The molecule has 3 atom stereocenters. The molecule has 57 heavy (non-hydrogen) atoms. The molecule has 0 aromatic heterocycles. The van der Waals surface area contributed by atoms with Crippen molar-refractivity contribution < 1.29 is 37.0 Å². The van der Waals surface area contributed by atoms with Crippen LogP contribution in [0.3, 0.4) is 0 Å². The summed E-state index contributed by atoms with van der Waals surface area (Å²) in [7, 11) is -0.506. The summed E-state index contributed by atoms with van der Waals surface area (Å²) in [6, 6.07) is 27.9. The molecule has 3 aliphatic rings. The molecule has 0 spiro atoms. The van der Waals surface area contributed by atoms with Gasteiger partial charge in [0, 0.05) is 32.1 Å². The molecular formula is C44H46N4O8S. The fourth-order valence-corrected chi connectivity index (χ4v) is 9.11. The summed E-state index contributed by atoms with van der Waals surface area (Å²) in [5, 5.41) is 6.41. The topological polar surface area (TPSA) is 135 Å². The molecule has 0 bridgehead atoms. The van der Waals surface area contributed by atoms with Gasteiger partial charge in [-0.3, -0.25) is 9.59 Å². The van der Waals surface area contributed by atoms with E-state index in [-0.39, 0.29) is 48.1 Å². The monoisotopic (exact) mass is 790 g/mol. The number of esters is 1. The highest BCUT2D eigenvalue weighted by atomic mass is 32.2. The van der Waals surface area contributed by atoms with Crippen LogP contribution in [0.1, 0.15) is 69.6 Å². The summed E-state index contributed by atoms with van der Waals surface area (Å²) < 4.78 is 44.4. The van der Waals surface area contributed by atoms with Gasteiger partial charge in [-0.25, -0.2) is 18.2 Å². The lowest BCUT2D eigenvalue weighted by Crippen LogP contribution is -2.50. The fourth-order valence-electron chi connectivity index (χ4n) is 7.69. The van der Waals surface area contributed by atoms with Gasteiger partial charge in [0.15, 0.2) is 6.10 Å². The molecule has 7 rings (SSSR count). The predicted molar refractivity (Wildman–Crippen MR) is 215 cm³/mol. The van der Waals surface area contributed by atoms with Crippen LogP contribution in [-0.4, -0.2) is 92.6 Å². The van der Waals surface area contributed by atoms with Crippen LogP contribution in [0.4, 0.5) is 0 Å². The average Bonchev–Trinajstić information content (AvgIpc) is 3.64. The number of amides is 2. The number of fused-ring (bicyclic) bond motifs is 1. The lowest BCUT2D eigenvalue weighted by molar-refractivity contribution is -0.142. The lowest BCUT2D eigenvalue weighted by atomic mass is 9.77. The Labute approximate surface area is 333 Å². The third-order valence-corrected chi connectivity index (χ3v) is 12.7. The number of rotatable bonds is 10. The van der Waals surface area contributed by atoms with Gasteiger partial charge >= 0.3 is 5.97 Å². The number of sulfonamides is 1. The summed E-state index contributed by atoms with van der Waals surface area (Å²) in [6.45, 7) is 3.89.